The molecule has 0 bridgehead atoms. The van der Waals surface area contributed by atoms with Crippen molar-refractivity contribution in [3.8, 4) is 0 Å². The Morgan fingerprint density at radius 2 is 1.81 bits per heavy atom. The van der Waals surface area contributed by atoms with E-state index in [1.807, 2.05) is 12.1 Å². The van der Waals surface area contributed by atoms with Crippen LogP contribution in [0.5, 0.6) is 0 Å². The molecule has 0 aromatic heterocycles. The molecule has 0 radical (unpaired) electrons. The Hall–Kier alpha value is -3.35. The van der Waals surface area contributed by atoms with Gasteiger partial charge in [0, 0.05) is 30.0 Å². The third-order valence-corrected chi connectivity index (χ3v) is 4.47. The molecule has 1 fully saturated rings. The summed E-state index contributed by atoms with van der Waals surface area (Å²) in [7, 11) is 0. The molecule has 1 aliphatic rings. The number of urea groups is 1. The van der Waals surface area contributed by atoms with E-state index in [2.05, 4.69) is 10.6 Å². The van der Waals surface area contributed by atoms with E-state index in [4.69, 9.17) is 5.11 Å². The monoisotopic (exact) mass is 367 g/mol. The maximum atomic E-state index is 12.4. The van der Waals surface area contributed by atoms with E-state index in [1.54, 1.807) is 48.2 Å². The van der Waals surface area contributed by atoms with Gasteiger partial charge in [-0.1, -0.05) is 19.1 Å². The minimum Gasteiger partial charge on any atom is -0.481 e. The van der Waals surface area contributed by atoms with Crippen molar-refractivity contribution < 1.29 is 19.5 Å². The number of carboxylic acid groups (broad SMARTS) is 1. The predicted octanol–water partition coefficient (Wildman–Crippen LogP) is 2.73. The second-order valence-electron chi connectivity index (χ2n) is 6.52. The molecule has 0 spiro atoms. The molecule has 1 heterocycles. The SMILES string of the molecule is CC(Cc1ccc(NC(=O)c2ccc(N3CCNC3=O)cc2)cc1)C(=O)O. The number of aliphatic carboxylic acids is 1. The van der Waals surface area contributed by atoms with E-state index < -0.39 is 11.9 Å². The Kier molecular flexibility index (Phi) is 5.40. The number of benzene rings is 2. The number of carboxylic acids is 1. The minimum atomic E-state index is -0.831. The third-order valence-electron chi connectivity index (χ3n) is 4.47. The summed E-state index contributed by atoms with van der Waals surface area (Å²) in [5.74, 6) is -1.54. The fourth-order valence-electron chi connectivity index (χ4n) is 2.88. The van der Waals surface area contributed by atoms with Crippen LogP contribution in [0.25, 0.3) is 0 Å². The molecule has 27 heavy (non-hydrogen) atoms. The zero-order valence-electron chi connectivity index (χ0n) is 14.9. The lowest BCUT2D eigenvalue weighted by molar-refractivity contribution is -0.141. The van der Waals surface area contributed by atoms with Crippen molar-refractivity contribution in [2.24, 2.45) is 5.92 Å². The van der Waals surface area contributed by atoms with Gasteiger partial charge in [0.2, 0.25) is 0 Å². The maximum Gasteiger partial charge on any atom is 0.321 e. The Balaban J connectivity index is 1.61. The number of anilines is 2. The van der Waals surface area contributed by atoms with Gasteiger partial charge >= 0.3 is 12.0 Å². The smallest absolute Gasteiger partial charge is 0.321 e. The van der Waals surface area contributed by atoms with Gasteiger partial charge in [-0.25, -0.2) is 4.79 Å². The average Bonchev–Trinajstić information content (AvgIpc) is 3.09. The lowest BCUT2D eigenvalue weighted by Crippen LogP contribution is -2.27. The molecule has 3 N–H and O–H groups in total. The molecular formula is C20H21N3O4. The molecule has 0 saturated carbocycles. The fourth-order valence-corrected chi connectivity index (χ4v) is 2.88. The van der Waals surface area contributed by atoms with E-state index >= 15 is 0 Å². The highest BCUT2D eigenvalue weighted by molar-refractivity contribution is 6.04. The zero-order valence-corrected chi connectivity index (χ0v) is 14.9. The molecule has 1 aliphatic heterocycles. The van der Waals surface area contributed by atoms with Gasteiger partial charge in [-0.3, -0.25) is 14.5 Å². The van der Waals surface area contributed by atoms with Crippen molar-refractivity contribution in [1.29, 1.82) is 0 Å². The second-order valence-corrected chi connectivity index (χ2v) is 6.52. The van der Waals surface area contributed by atoms with Crippen LogP contribution in [0.2, 0.25) is 0 Å². The highest BCUT2D eigenvalue weighted by Gasteiger charge is 2.21. The van der Waals surface area contributed by atoms with Crippen LogP contribution in [0.4, 0.5) is 16.2 Å². The van der Waals surface area contributed by atoms with Crippen LogP contribution in [0.15, 0.2) is 48.5 Å². The van der Waals surface area contributed by atoms with Gasteiger partial charge in [-0.2, -0.15) is 0 Å². The largest absolute Gasteiger partial charge is 0.481 e. The summed E-state index contributed by atoms with van der Waals surface area (Å²) in [4.78, 5) is 36.6. The average molecular weight is 367 g/mol. The van der Waals surface area contributed by atoms with Crippen LogP contribution in [0.1, 0.15) is 22.8 Å². The molecule has 7 heteroatoms. The molecule has 3 amide bonds. The number of hydrogen-bond donors (Lipinski definition) is 3. The minimum absolute atomic E-state index is 0.135. The Morgan fingerprint density at radius 1 is 1.15 bits per heavy atom. The first kappa shape index (κ1) is 18.4. The van der Waals surface area contributed by atoms with E-state index in [9.17, 15) is 14.4 Å². The van der Waals surface area contributed by atoms with Crippen molar-refractivity contribution in [1.82, 2.24) is 5.32 Å². The lowest BCUT2D eigenvalue weighted by atomic mass is 10.0. The van der Waals surface area contributed by atoms with Crippen LogP contribution in [-0.4, -0.2) is 36.1 Å². The Labute approximate surface area is 157 Å². The topological polar surface area (TPSA) is 98.7 Å². The predicted molar refractivity (Wildman–Crippen MR) is 102 cm³/mol. The maximum absolute atomic E-state index is 12.4. The summed E-state index contributed by atoms with van der Waals surface area (Å²) in [5, 5.41) is 14.5. The van der Waals surface area contributed by atoms with E-state index in [1.165, 1.54) is 0 Å². The third kappa shape index (κ3) is 4.44. The number of nitrogens with one attached hydrogen (secondary N) is 2. The number of carbonyl (C=O) groups is 3. The summed E-state index contributed by atoms with van der Waals surface area (Å²) in [5.41, 5.74) is 2.77. The van der Waals surface area contributed by atoms with Gasteiger partial charge in [0.15, 0.2) is 0 Å². The van der Waals surface area contributed by atoms with Crippen molar-refractivity contribution in [3.63, 3.8) is 0 Å². The molecule has 1 unspecified atom stereocenters. The molecular weight excluding hydrogens is 346 g/mol. The summed E-state index contributed by atoms with van der Waals surface area (Å²) < 4.78 is 0. The van der Waals surface area contributed by atoms with Gasteiger partial charge < -0.3 is 15.7 Å². The molecule has 1 atom stereocenters. The molecule has 7 nitrogen and oxygen atoms in total. The summed E-state index contributed by atoms with van der Waals surface area (Å²) in [6.45, 7) is 2.88. The van der Waals surface area contributed by atoms with E-state index in [0.717, 1.165) is 11.3 Å². The zero-order chi connectivity index (χ0) is 19.4. The van der Waals surface area contributed by atoms with E-state index in [0.29, 0.717) is 30.8 Å². The van der Waals surface area contributed by atoms with Gasteiger partial charge in [0.25, 0.3) is 5.91 Å². The molecule has 3 rings (SSSR count). The highest BCUT2D eigenvalue weighted by atomic mass is 16.4. The van der Waals surface area contributed by atoms with Crippen LogP contribution >= 0.6 is 0 Å². The van der Waals surface area contributed by atoms with Gasteiger partial charge in [0.05, 0.1) is 5.92 Å². The first-order valence-corrected chi connectivity index (χ1v) is 8.72. The Bertz CT molecular complexity index is 847. The highest BCUT2D eigenvalue weighted by Crippen LogP contribution is 2.19. The molecule has 2 aromatic rings. The van der Waals surface area contributed by atoms with Gasteiger partial charge in [-0.15, -0.1) is 0 Å². The quantitative estimate of drug-likeness (QED) is 0.731. The van der Waals surface area contributed by atoms with Crippen molar-refractivity contribution in [2.75, 3.05) is 23.3 Å². The van der Waals surface area contributed by atoms with Crippen molar-refractivity contribution in [3.05, 3.63) is 59.7 Å². The number of nitrogens with zero attached hydrogens (tertiary/aromatic N) is 1. The number of carbonyl (C=O) groups excluding carboxylic acids is 2. The molecule has 140 valence electrons. The van der Waals surface area contributed by atoms with Gasteiger partial charge in [0.1, 0.15) is 0 Å². The van der Waals surface area contributed by atoms with Crippen LogP contribution in [-0.2, 0) is 11.2 Å². The van der Waals surface area contributed by atoms with Crippen molar-refractivity contribution in [2.45, 2.75) is 13.3 Å². The molecule has 0 aliphatic carbocycles. The van der Waals surface area contributed by atoms with Gasteiger partial charge in [-0.05, 0) is 48.4 Å². The molecule has 2 aromatic carbocycles. The Morgan fingerprint density at radius 3 is 2.37 bits per heavy atom. The number of rotatable bonds is 6. The number of hydrogen-bond acceptors (Lipinski definition) is 3. The normalized spacial score (nSPS) is 14.6. The van der Waals surface area contributed by atoms with E-state index in [-0.39, 0.29) is 11.9 Å². The van der Waals surface area contributed by atoms with Crippen LogP contribution in [0, 0.1) is 5.92 Å². The summed E-state index contributed by atoms with van der Waals surface area (Å²) in [6.07, 6.45) is 0.440. The molecule has 1 saturated heterocycles. The number of amides is 3. The van der Waals surface area contributed by atoms with Crippen LogP contribution < -0.4 is 15.5 Å². The first-order valence-electron chi connectivity index (χ1n) is 8.72. The standard InChI is InChI=1S/C20H21N3O4/c1-13(19(25)26)12-14-2-6-16(7-3-14)22-18(24)15-4-8-17(9-5-15)23-11-10-21-20(23)27/h2-9,13H,10-12H2,1H3,(H,21,27)(H,22,24)(H,25,26). The summed E-state index contributed by atoms with van der Waals surface area (Å²) in [6, 6.07) is 13.8. The lowest BCUT2D eigenvalue weighted by Gasteiger charge is -2.14. The fraction of sp³-hybridized carbons (Fsp3) is 0.250. The van der Waals surface area contributed by atoms with Crippen molar-refractivity contribution >= 4 is 29.3 Å². The van der Waals surface area contributed by atoms with Crippen LogP contribution in [0.3, 0.4) is 0 Å². The summed E-state index contributed by atoms with van der Waals surface area (Å²) >= 11 is 0. The first-order chi connectivity index (χ1) is 12.9. The second kappa shape index (κ2) is 7.90.